The first-order valence-corrected chi connectivity index (χ1v) is 23.9. The Labute approximate surface area is 382 Å². The molecule has 0 saturated carbocycles. The number of fused-ring (bicyclic) bond motifs is 12. The van der Waals surface area contributed by atoms with E-state index in [1.165, 1.54) is 22.3 Å². The van der Waals surface area contributed by atoms with E-state index < -0.39 is 0 Å². The van der Waals surface area contributed by atoms with Gasteiger partial charge in [-0.15, -0.1) is 0 Å². The van der Waals surface area contributed by atoms with Gasteiger partial charge >= 0.3 is 354 Å². The van der Waals surface area contributed by atoms with Crippen molar-refractivity contribution in [1.82, 2.24) is 18.7 Å². The van der Waals surface area contributed by atoms with Crippen molar-refractivity contribution in [3.63, 3.8) is 0 Å². The number of pyridine rings is 1. The number of nitrogens with zero attached hydrogens (tertiary/aromatic N) is 4. The fraction of sp³-hybridized carbons (Fsp3) is 0.172. The van der Waals surface area contributed by atoms with Gasteiger partial charge in [-0.1, -0.05) is 18.2 Å². The molecule has 14 rings (SSSR count). The van der Waals surface area contributed by atoms with Gasteiger partial charge in [-0.25, -0.2) is 0 Å². The molecule has 0 fully saturated rings. The Hall–Kier alpha value is -6.55. The zero-order valence-electron chi connectivity index (χ0n) is 35.2. The molecular formula is C58H42N4OPt-2. The Morgan fingerprint density at radius 3 is 1.78 bits per heavy atom. The summed E-state index contributed by atoms with van der Waals surface area (Å²) in [7, 11) is 0. The molecule has 0 aliphatic heterocycles. The summed E-state index contributed by atoms with van der Waals surface area (Å²) in [6, 6.07) is 62.6. The van der Waals surface area contributed by atoms with Gasteiger partial charge in [-0.05, 0) is 6.07 Å². The summed E-state index contributed by atoms with van der Waals surface area (Å²) in [6.45, 7) is 0. The Bertz CT molecular complexity index is 3560. The van der Waals surface area contributed by atoms with Crippen LogP contribution < -0.4 is 4.74 Å². The van der Waals surface area contributed by atoms with E-state index in [1.54, 1.807) is 33.4 Å². The fourth-order valence-corrected chi connectivity index (χ4v) is 13.9. The molecule has 6 heteroatoms. The van der Waals surface area contributed by atoms with Crippen LogP contribution in [-0.4, -0.2) is 18.7 Å². The summed E-state index contributed by atoms with van der Waals surface area (Å²) in [5.41, 5.74) is 19.1. The molecule has 5 nitrogen and oxygen atoms in total. The van der Waals surface area contributed by atoms with E-state index >= 15 is 0 Å². The number of hydrogen-bond acceptors (Lipinski definition) is 2. The number of rotatable bonds is 5. The van der Waals surface area contributed by atoms with Crippen LogP contribution in [0.25, 0.3) is 50.0 Å². The minimum atomic E-state index is -0.0164. The van der Waals surface area contributed by atoms with Crippen LogP contribution in [0.5, 0.6) is 11.5 Å². The minimum absolute atomic E-state index is 0.0164. The van der Waals surface area contributed by atoms with Gasteiger partial charge in [-0.3, -0.25) is 0 Å². The van der Waals surface area contributed by atoms with Crippen molar-refractivity contribution >= 4 is 32.8 Å². The summed E-state index contributed by atoms with van der Waals surface area (Å²) in [6.07, 6.45) is 10.9. The topological polar surface area (TPSA) is 36.9 Å². The third-order valence-corrected chi connectivity index (χ3v) is 16.4. The van der Waals surface area contributed by atoms with Crippen molar-refractivity contribution in [2.24, 2.45) is 0 Å². The van der Waals surface area contributed by atoms with Crippen molar-refractivity contribution in [1.29, 1.82) is 0 Å². The van der Waals surface area contributed by atoms with E-state index in [0.717, 1.165) is 94.0 Å². The summed E-state index contributed by atoms with van der Waals surface area (Å²) in [5, 5.41) is 2.26. The van der Waals surface area contributed by atoms with E-state index in [9.17, 15) is 0 Å². The second kappa shape index (κ2) is 13.7. The quantitative estimate of drug-likeness (QED) is 0.161. The van der Waals surface area contributed by atoms with Crippen molar-refractivity contribution in [2.75, 3.05) is 0 Å². The van der Waals surface area contributed by atoms with E-state index in [1.807, 2.05) is 36.5 Å². The Morgan fingerprint density at radius 1 is 0.500 bits per heavy atom. The average Bonchev–Trinajstić information content (AvgIpc) is 4.20. The molecule has 0 radical (unpaired) electrons. The van der Waals surface area contributed by atoms with Gasteiger partial charge in [0.1, 0.15) is 0 Å². The first-order valence-electron chi connectivity index (χ1n) is 22.7. The van der Waals surface area contributed by atoms with Crippen molar-refractivity contribution in [3.05, 3.63) is 218 Å². The zero-order valence-corrected chi connectivity index (χ0v) is 37.5. The van der Waals surface area contributed by atoms with E-state index in [-0.39, 0.29) is 10.8 Å². The second-order valence-corrected chi connectivity index (χ2v) is 19.3. The predicted octanol–water partition coefficient (Wildman–Crippen LogP) is 12.7. The van der Waals surface area contributed by atoms with Gasteiger partial charge in [0.15, 0.2) is 0 Å². The van der Waals surface area contributed by atoms with E-state index in [4.69, 9.17) is 9.72 Å². The van der Waals surface area contributed by atoms with Gasteiger partial charge in [0, 0.05) is 6.20 Å². The zero-order chi connectivity index (χ0) is 42.1. The molecule has 64 heavy (non-hydrogen) atoms. The molecule has 4 aliphatic rings. The number of aromatic nitrogens is 4. The number of benzene rings is 7. The Kier molecular flexibility index (Phi) is 7.91. The van der Waals surface area contributed by atoms with Crippen LogP contribution >= 0.6 is 0 Å². The van der Waals surface area contributed by atoms with Crippen LogP contribution in [0.4, 0.5) is 0 Å². The molecule has 3 heterocycles. The van der Waals surface area contributed by atoms with Gasteiger partial charge in [0.25, 0.3) is 0 Å². The molecule has 2 atom stereocenters. The normalized spacial score (nSPS) is 19.3. The molecule has 3 aromatic heterocycles. The van der Waals surface area contributed by atoms with Gasteiger partial charge < -0.3 is 0 Å². The summed E-state index contributed by atoms with van der Waals surface area (Å²) in [4.78, 5) is 4.73. The van der Waals surface area contributed by atoms with Crippen molar-refractivity contribution in [2.45, 2.75) is 62.2 Å². The van der Waals surface area contributed by atoms with E-state index in [2.05, 4.69) is 167 Å². The first-order chi connectivity index (χ1) is 31.6. The first kappa shape index (κ1) is 36.9. The molecule has 2 unspecified atom stereocenters. The molecule has 2 spiro atoms. The SMILES string of the molecule is [Pt]=[c]1n(-c2[c-]c(Oc3[c-]c4c(cc3)c3ccccc3n4-c3ccccn3)ccc2)c2ccccc2n1-c1c2c(cc3c1C1(CCc4ccccc41)CC3)CCC21CCc2ccccc21. The standard InChI is InChI=1S/C58H42N4O.Pt/c1-4-17-47-38(12-1)25-29-57(47)31-27-40-34-41-28-32-58(30-26-39-13-2-5-18-48(39)58)55(41)56(54(40)57)61-37-60(50-20-7-8-21-51(50)61)42-14-11-15-43(35-42)63-44-23-24-46-45-16-3-6-19-49(45)62(52(46)36-44)53-22-9-10-33-59-53;/h1-24,33-34H,25-32H2;/q-2;. The molecule has 10 aromatic rings. The molecule has 312 valence electrons. The molecule has 0 bridgehead atoms. The third-order valence-electron chi connectivity index (χ3n) is 15.3. The maximum absolute atomic E-state index is 6.73. The van der Waals surface area contributed by atoms with Gasteiger partial charge in [0.05, 0.1) is 0 Å². The number of para-hydroxylation sites is 3. The van der Waals surface area contributed by atoms with Gasteiger partial charge in [0.2, 0.25) is 0 Å². The average molecular weight is 1010 g/mol. The molecule has 0 saturated heterocycles. The molecule has 7 aromatic carbocycles. The third kappa shape index (κ3) is 5.05. The molecule has 0 amide bonds. The maximum atomic E-state index is 6.73. The van der Waals surface area contributed by atoms with Crippen LogP contribution in [0.15, 0.2) is 158 Å². The molecular weight excluding hydrogens is 964 g/mol. The molecule has 0 N–H and O–H groups in total. The summed E-state index contributed by atoms with van der Waals surface area (Å²) < 4.78 is 15.1. The van der Waals surface area contributed by atoms with Gasteiger partial charge in [-0.2, -0.15) is 0 Å². The monoisotopic (exact) mass is 1010 g/mol. The van der Waals surface area contributed by atoms with Crippen molar-refractivity contribution in [3.8, 4) is 28.7 Å². The fourth-order valence-electron chi connectivity index (χ4n) is 12.8. The van der Waals surface area contributed by atoms with Crippen LogP contribution in [0.2, 0.25) is 0 Å². The second-order valence-electron chi connectivity index (χ2n) is 18.3. The number of ether oxygens (including phenoxy) is 1. The summed E-state index contributed by atoms with van der Waals surface area (Å²) >= 11 is 2.62. The number of imidazole rings is 1. The van der Waals surface area contributed by atoms with Crippen LogP contribution in [0, 0.1) is 15.9 Å². The molecule has 4 aliphatic carbocycles. The Morgan fingerprint density at radius 2 is 1.09 bits per heavy atom. The van der Waals surface area contributed by atoms with Crippen LogP contribution in [0.1, 0.15) is 70.2 Å². The van der Waals surface area contributed by atoms with Crippen molar-refractivity contribution < 1.29 is 24.1 Å². The number of aryl methyl sites for hydroxylation is 4. The summed E-state index contributed by atoms with van der Waals surface area (Å²) in [5.74, 6) is 2.11. The Balaban J connectivity index is 0.963. The van der Waals surface area contributed by atoms with Crippen LogP contribution in [-0.2, 0) is 55.9 Å². The van der Waals surface area contributed by atoms with Crippen LogP contribution in [0.3, 0.4) is 0 Å². The number of hydrogen-bond donors (Lipinski definition) is 0. The predicted molar refractivity (Wildman–Crippen MR) is 250 cm³/mol. The van der Waals surface area contributed by atoms with E-state index in [0.29, 0.717) is 11.5 Å².